The number of carbonyl (C=O) groups is 3. The Kier molecular flexibility index (Phi) is 65.3. The number of likely N-dealkylation sites (N-methyl/N-ethyl adjacent to an activating group) is 1. The monoisotopic (exact) mass is 1240 g/mol. The summed E-state index contributed by atoms with van der Waals surface area (Å²) in [6.45, 7) is 4.60. The molecule has 0 heterocycles. The van der Waals surface area contributed by atoms with Crippen LogP contribution in [0, 0.1) is 0 Å². The van der Waals surface area contributed by atoms with Gasteiger partial charge in [0.15, 0.2) is 12.4 Å². The van der Waals surface area contributed by atoms with Gasteiger partial charge in [-0.05, 0) is 103 Å². The van der Waals surface area contributed by atoms with Crippen LogP contribution < -0.4 is 5.11 Å². The van der Waals surface area contributed by atoms with Gasteiger partial charge in [0, 0.05) is 12.8 Å². The summed E-state index contributed by atoms with van der Waals surface area (Å²) in [7, 11) is 5.91. The van der Waals surface area contributed by atoms with Crippen molar-refractivity contribution >= 4 is 17.9 Å². The Morgan fingerprint density at radius 3 is 0.955 bits per heavy atom. The third kappa shape index (κ3) is 70.5. The topological polar surface area (TPSA) is 111 Å². The van der Waals surface area contributed by atoms with Crippen molar-refractivity contribution < 1.29 is 42.9 Å². The fourth-order valence-electron chi connectivity index (χ4n) is 9.64. The van der Waals surface area contributed by atoms with Gasteiger partial charge in [-0.15, -0.1) is 0 Å². The van der Waals surface area contributed by atoms with Crippen molar-refractivity contribution in [3.8, 4) is 0 Å². The van der Waals surface area contributed by atoms with E-state index in [1.807, 2.05) is 21.1 Å². The molecule has 0 saturated heterocycles. The van der Waals surface area contributed by atoms with Gasteiger partial charge in [0.05, 0.1) is 40.3 Å². The highest BCUT2D eigenvalue weighted by Crippen LogP contribution is 2.17. The number of unbranched alkanes of at least 4 members (excludes halogenated alkanes) is 26. The Labute approximate surface area is 547 Å². The molecule has 2 atom stereocenters. The molecule has 89 heavy (non-hydrogen) atoms. The average Bonchev–Trinajstić information content (AvgIpc) is 3.64. The second-order valence-electron chi connectivity index (χ2n) is 24.8. The van der Waals surface area contributed by atoms with Gasteiger partial charge in [-0.2, -0.15) is 0 Å². The van der Waals surface area contributed by atoms with Gasteiger partial charge < -0.3 is 33.3 Å². The Balaban J connectivity index is 4.24. The van der Waals surface area contributed by atoms with Gasteiger partial charge >= 0.3 is 11.9 Å². The molecule has 9 heteroatoms. The molecule has 0 fully saturated rings. The third-order valence-electron chi connectivity index (χ3n) is 15.1. The molecule has 0 amide bonds. The zero-order valence-electron chi connectivity index (χ0n) is 57.8. The van der Waals surface area contributed by atoms with Crippen molar-refractivity contribution in [2.75, 3.05) is 47.5 Å². The lowest BCUT2D eigenvalue weighted by atomic mass is 10.0. The molecule has 0 aromatic carbocycles. The minimum Gasteiger partial charge on any atom is -0.545 e. The van der Waals surface area contributed by atoms with Crippen LogP contribution in [-0.4, -0.2) is 82.3 Å². The minimum absolute atomic E-state index is 0.133. The van der Waals surface area contributed by atoms with E-state index in [1.165, 1.54) is 141 Å². The molecule has 0 radical (unpaired) electrons. The Morgan fingerprint density at radius 1 is 0.348 bits per heavy atom. The summed E-state index contributed by atoms with van der Waals surface area (Å²) in [6, 6.07) is 0. The van der Waals surface area contributed by atoms with Crippen molar-refractivity contribution in [1.82, 2.24) is 0 Å². The average molecular weight is 1240 g/mol. The molecular weight excluding hydrogens is 1100 g/mol. The molecule has 0 aliphatic rings. The second kappa shape index (κ2) is 69.1. The molecule has 0 rings (SSSR count). The number of hydrogen-bond acceptors (Lipinski definition) is 8. The summed E-state index contributed by atoms with van der Waals surface area (Å²) < 4.78 is 22.7. The summed E-state index contributed by atoms with van der Waals surface area (Å²) in [5, 5.41) is 11.8. The number of nitrogens with zero attached hydrogens (tertiary/aromatic N) is 1. The maximum Gasteiger partial charge on any atom is 0.306 e. The number of carboxylic acid groups (broad SMARTS) is 1. The number of carbonyl (C=O) groups excluding carboxylic acids is 3. The first-order valence-corrected chi connectivity index (χ1v) is 36.0. The normalized spacial score (nSPS) is 13.6. The first-order chi connectivity index (χ1) is 43.6. The molecule has 0 bridgehead atoms. The standard InChI is InChI=1S/C80H133NO8/c1-6-8-10-12-14-16-18-20-22-24-26-28-30-32-33-34-35-36-37-38-39-40-41-42-43-44-45-47-49-51-53-55-57-59-61-63-65-67-69-71-78(83)89-76(75-88-80(79(84)85)86-73-72-81(3,4)5)74-87-77(82)70-68-66-64-62-60-58-56-54-52-50-48-46-31-29-27-25-23-21-19-17-15-13-11-9-7-2/h8,10,14,16,20,22,26,28,32-33,35-36,38-39,41-42,44-45,49,51,55,57,61,63,76,80H,6-7,9,11-13,15,17-19,21,23-25,27,29-31,34,37,40,43,46-48,50,52-54,56,58-60,62,64-75H2,1-5H3/b10-8-,16-14-,22-20-,28-26-,33-32-,36-35-,39-38-,42-41-,45-44-,51-49-,57-55-,63-61-. The first-order valence-electron chi connectivity index (χ1n) is 36.0. The van der Waals surface area contributed by atoms with E-state index in [0.717, 1.165) is 109 Å². The number of aliphatic carboxylic acids is 1. The van der Waals surface area contributed by atoms with Crippen LogP contribution in [0.4, 0.5) is 0 Å². The molecule has 0 aromatic rings. The van der Waals surface area contributed by atoms with Crippen molar-refractivity contribution in [2.45, 2.75) is 296 Å². The number of esters is 2. The van der Waals surface area contributed by atoms with Gasteiger partial charge in [0.2, 0.25) is 0 Å². The predicted molar refractivity (Wildman–Crippen MR) is 379 cm³/mol. The lowest BCUT2D eigenvalue weighted by molar-refractivity contribution is -0.870. The number of hydrogen-bond donors (Lipinski definition) is 0. The van der Waals surface area contributed by atoms with E-state index in [-0.39, 0.29) is 38.6 Å². The number of carboxylic acids is 1. The molecule has 0 aromatic heterocycles. The lowest BCUT2D eigenvalue weighted by Crippen LogP contribution is -2.44. The van der Waals surface area contributed by atoms with Crippen LogP contribution >= 0.6 is 0 Å². The van der Waals surface area contributed by atoms with Gasteiger partial charge in [-0.3, -0.25) is 9.59 Å². The molecule has 506 valence electrons. The molecule has 0 aliphatic carbocycles. The highest BCUT2D eigenvalue weighted by atomic mass is 16.7. The molecule has 0 N–H and O–H groups in total. The van der Waals surface area contributed by atoms with Gasteiger partial charge in [-0.25, -0.2) is 0 Å². The summed E-state index contributed by atoms with van der Waals surface area (Å²) >= 11 is 0. The van der Waals surface area contributed by atoms with Gasteiger partial charge in [0.1, 0.15) is 13.2 Å². The van der Waals surface area contributed by atoms with Crippen molar-refractivity contribution in [2.24, 2.45) is 0 Å². The highest BCUT2D eigenvalue weighted by Gasteiger charge is 2.22. The predicted octanol–water partition coefficient (Wildman–Crippen LogP) is 21.4. The van der Waals surface area contributed by atoms with Crippen LogP contribution in [0.3, 0.4) is 0 Å². The third-order valence-corrected chi connectivity index (χ3v) is 15.1. The summed E-state index contributed by atoms with van der Waals surface area (Å²) in [5.74, 6) is -2.35. The maximum atomic E-state index is 12.9. The highest BCUT2D eigenvalue weighted by molar-refractivity contribution is 5.70. The SMILES string of the molecule is CC/C=C\C/C=C\C/C=C\C/C=C\C/C=C\C/C=C\C/C=C\C/C=C\C/C=C\C/C=C\C/C=C\C/C=C\CCCCC(=O)OC(COC(=O)CCCCCCCCCCCCCCCCCCCCCCCCCCC)COC(OCC[N+](C)(C)C)C(=O)[O-]. The van der Waals surface area contributed by atoms with Crippen LogP contribution in [0.5, 0.6) is 0 Å². The van der Waals surface area contributed by atoms with E-state index in [1.54, 1.807) is 0 Å². The van der Waals surface area contributed by atoms with Gasteiger partial charge in [-0.1, -0.05) is 314 Å². The fourth-order valence-corrected chi connectivity index (χ4v) is 9.64. The van der Waals surface area contributed by atoms with E-state index >= 15 is 0 Å². The summed E-state index contributed by atoms with van der Waals surface area (Å²) in [5.41, 5.74) is 0. The number of allylic oxidation sites excluding steroid dienone is 24. The minimum atomic E-state index is -1.64. The van der Waals surface area contributed by atoms with E-state index in [9.17, 15) is 19.5 Å². The molecular formula is C80H133NO8. The van der Waals surface area contributed by atoms with E-state index in [0.29, 0.717) is 17.4 Å². The zero-order valence-corrected chi connectivity index (χ0v) is 57.8. The quantitative estimate of drug-likeness (QED) is 0.0195. The molecule has 0 spiro atoms. The van der Waals surface area contributed by atoms with Crippen molar-refractivity contribution in [1.29, 1.82) is 0 Å². The Hall–Kier alpha value is -4.83. The fraction of sp³-hybridized carbons (Fsp3) is 0.662. The Bertz CT molecular complexity index is 1970. The zero-order chi connectivity index (χ0) is 64.7. The summed E-state index contributed by atoms with van der Waals surface area (Å²) in [6.07, 6.45) is 98.0. The maximum absolute atomic E-state index is 12.9. The summed E-state index contributed by atoms with van der Waals surface area (Å²) in [4.78, 5) is 37.5. The van der Waals surface area contributed by atoms with Crippen LogP contribution in [0.15, 0.2) is 146 Å². The van der Waals surface area contributed by atoms with E-state index in [2.05, 4.69) is 160 Å². The molecule has 2 unspecified atom stereocenters. The first kappa shape index (κ1) is 84.2. The molecule has 9 nitrogen and oxygen atoms in total. The molecule has 0 aliphatic heterocycles. The largest absolute Gasteiger partial charge is 0.545 e. The molecule has 0 saturated carbocycles. The number of rotatable bonds is 65. The van der Waals surface area contributed by atoms with Crippen molar-refractivity contribution in [3.05, 3.63) is 146 Å². The lowest BCUT2D eigenvalue weighted by Gasteiger charge is -2.26. The Morgan fingerprint density at radius 2 is 0.640 bits per heavy atom. The smallest absolute Gasteiger partial charge is 0.306 e. The number of quaternary nitrogens is 1. The van der Waals surface area contributed by atoms with Gasteiger partial charge in [0.25, 0.3) is 0 Å². The number of ether oxygens (including phenoxy) is 4. The van der Waals surface area contributed by atoms with Crippen LogP contribution in [-0.2, 0) is 33.3 Å². The van der Waals surface area contributed by atoms with Crippen LogP contribution in [0.25, 0.3) is 0 Å². The van der Waals surface area contributed by atoms with Crippen LogP contribution in [0.1, 0.15) is 284 Å². The second-order valence-corrected chi connectivity index (χ2v) is 24.8. The van der Waals surface area contributed by atoms with Crippen molar-refractivity contribution in [3.63, 3.8) is 0 Å². The van der Waals surface area contributed by atoms with E-state index in [4.69, 9.17) is 18.9 Å². The van der Waals surface area contributed by atoms with Crippen LogP contribution in [0.2, 0.25) is 0 Å². The van der Waals surface area contributed by atoms with E-state index < -0.39 is 24.3 Å².